The molecule has 2 atom stereocenters. The first-order valence-electron chi connectivity index (χ1n) is 7.29. The molecule has 0 saturated heterocycles. The molecule has 2 aromatic rings. The van der Waals surface area contributed by atoms with Crippen LogP contribution in [0, 0.1) is 5.82 Å². The van der Waals surface area contributed by atoms with Crippen molar-refractivity contribution in [3.05, 3.63) is 65.5 Å². The summed E-state index contributed by atoms with van der Waals surface area (Å²) in [5.74, 6) is -0.185. The second-order valence-corrected chi connectivity index (χ2v) is 5.32. The van der Waals surface area contributed by atoms with Crippen LogP contribution in [0.5, 0.6) is 0 Å². The van der Waals surface area contributed by atoms with Crippen molar-refractivity contribution < 1.29 is 9.50 Å². The summed E-state index contributed by atoms with van der Waals surface area (Å²) in [4.78, 5) is 2.03. The highest BCUT2D eigenvalue weighted by molar-refractivity contribution is 5.49. The molecule has 0 saturated carbocycles. The van der Waals surface area contributed by atoms with Gasteiger partial charge in [0.05, 0.1) is 12.1 Å². The van der Waals surface area contributed by atoms with Crippen molar-refractivity contribution in [2.24, 2.45) is 0 Å². The van der Waals surface area contributed by atoms with E-state index < -0.39 is 6.10 Å². The molecule has 3 heteroatoms. The van der Waals surface area contributed by atoms with Gasteiger partial charge in [-0.3, -0.25) is 0 Å². The van der Waals surface area contributed by atoms with Crippen LogP contribution in [-0.4, -0.2) is 12.2 Å². The third-order valence-electron chi connectivity index (χ3n) is 4.01. The van der Waals surface area contributed by atoms with Crippen LogP contribution in [0.3, 0.4) is 0 Å². The summed E-state index contributed by atoms with van der Waals surface area (Å²) >= 11 is 0. The molecule has 0 amide bonds. The summed E-state index contributed by atoms with van der Waals surface area (Å²) in [6.45, 7) is 3.93. The fraction of sp³-hybridized carbons (Fsp3) is 0.333. The van der Waals surface area contributed by atoms with Gasteiger partial charge in [0.2, 0.25) is 0 Å². The maximum absolute atomic E-state index is 13.9. The van der Waals surface area contributed by atoms with Crippen LogP contribution in [0.15, 0.2) is 48.5 Å². The molecule has 0 fully saturated rings. The van der Waals surface area contributed by atoms with Crippen molar-refractivity contribution in [3.63, 3.8) is 0 Å². The molecule has 112 valence electrons. The van der Waals surface area contributed by atoms with E-state index in [4.69, 9.17) is 0 Å². The molecular weight excluding hydrogens is 265 g/mol. The Balaban J connectivity index is 2.20. The van der Waals surface area contributed by atoms with Gasteiger partial charge in [0.25, 0.3) is 0 Å². The van der Waals surface area contributed by atoms with E-state index >= 15 is 0 Å². The number of aliphatic hydroxyl groups is 1. The second-order valence-electron chi connectivity index (χ2n) is 5.32. The fourth-order valence-electron chi connectivity index (χ4n) is 2.41. The molecule has 0 aliphatic rings. The molecule has 0 aromatic heterocycles. The number of benzene rings is 2. The molecule has 2 rings (SSSR count). The summed E-state index contributed by atoms with van der Waals surface area (Å²) in [6, 6.07) is 14.6. The Morgan fingerprint density at radius 3 is 2.29 bits per heavy atom. The van der Waals surface area contributed by atoms with Crippen molar-refractivity contribution in [1.82, 2.24) is 0 Å². The molecule has 0 radical (unpaired) electrons. The summed E-state index contributed by atoms with van der Waals surface area (Å²) < 4.78 is 13.9. The van der Waals surface area contributed by atoms with Gasteiger partial charge in [-0.05, 0) is 37.1 Å². The molecule has 0 heterocycles. The fourth-order valence-corrected chi connectivity index (χ4v) is 2.41. The molecule has 21 heavy (non-hydrogen) atoms. The molecule has 0 aliphatic heterocycles. The van der Waals surface area contributed by atoms with Crippen molar-refractivity contribution in [1.29, 1.82) is 0 Å². The third-order valence-corrected chi connectivity index (χ3v) is 4.01. The van der Waals surface area contributed by atoms with Crippen molar-refractivity contribution >= 4 is 5.69 Å². The second kappa shape index (κ2) is 6.72. The van der Waals surface area contributed by atoms with Gasteiger partial charge in [0, 0.05) is 18.3 Å². The molecule has 2 nitrogen and oxygen atoms in total. The van der Waals surface area contributed by atoms with Crippen LogP contribution in [0.2, 0.25) is 0 Å². The Kier molecular flexibility index (Phi) is 4.97. The monoisotopic (exact) mass is 287 g/mol. The predicted octanol–water partition coefficient (Wildman–Crippen LogP) is 4.47. The number of aliphatic hydroxyl groups excluding tert-OH is 1. The van der Waals surface area contributed by atoms with Crippen LogP contribution in [0.1, 0.15) is 43.5 Å². The average Bonchev–Trinajstić information content (AvgIpc) is 2.53. The van der Waals surface area contributed by atoms with Gasteiger partial charge >= 0.3 is 0 Å². The lowest BCUT2D eigenvalue weighted by Crippen LogP contribution is -2.22. The van der Waals surface area contributed by atoms with Crippen LogP contribution in [0.25, 0.3) is 0 Å². The van der Waals surface area contributed by atoms with E-state index in [1.807, 2.05) is 62.2 Å². The lowest BCUT2D eigenvalue weighted by Gasteiger charge is -2.28. The van der Waals surface area contributed by atoms with Crippen molar-refractivity contribution in [3.8, 4) is 0 Å². The SMILES string of the molecule is CCC(O)c1ccc(N(C)C(C)c2ccccc2F)cc1. The number of anilines is 1. The molecule has 2 aromatic carbocycles. The Bertz CT molecular complexity index is 582. The highest BCUT2D eigenvalue weighted by atomic mass is 19.1. The van der Waals surface area contributed by atoms with Crippen LogP contribution < -0.4 is 4.90 Å². The van der Waals surface area contributed by atoms with E-state index in [1.54, 1.807) is 6.07 Å². The van der Waals surface area contributed by atoms with E-state index in [0.29, 0.717) is 12.0 Å². The average molecular weight is 287 g/mol. The smallest absolute Gasteiger partial charge is 0.128 e. The van der Waals surface area contributed by atoms with E-state index in [9.17, 15) is 9.50 Å². The first-order chi connectivity index (χ1) is 10.0. The maximum Gasteiger partial charge on any atom is 0.128 e. The minimum Gasteiger partial charge on any atom is -0.388 e. The Labute approximate surface area is 125 Å². The van der Waals surface area contributed by atoms with E-state index in [-0.39, 0.29) is 11.9 Å². The largest absolute Gasteiger partial charge is 0.388 e. The van der Waals surface area contributed by atoms with Gasteiger partial charge in [-0.1, -0.05) is 37.3 Å². The Morgan fingerprint density at radius 1 is 1.10 bits per heavy atom. The van der Waals surface area contributed by atoms with E-state index in [1.165, 1.54) is 6.07 Å². The van der Waals surface area contributed by atoms with Crippen LogP contribution in [0.4, 0.5) is 10.1 Å². The quantitative estimate of drug-likeness (QED) is 0.877. The zero-order chi connectivity index (χ0) is 15.4. The molecule has 2 unspecified atom stereocenters. The number of rotatable bonds is 5. The Hall–Kier alpha value is -1.87. The standard InChI is InChI=1S/C18H22FNO/c1-4-18(21)14-9-11-15(12-10-14)20(3)13(2)16-7-5-6-8-17(16)19/h5-13,18,21H,4H2,1-3H3. The van der Waals surface area contributed by atoms with Crippen LogP contribution in [-0.2, 0) is 0 Å². The lowest BCUT2D eigenvalue weighted by molar-refractivity contribution is 0.173. The minimum atomic E-state index is -0.423. The summed E-state index contributed by atoms with van der Waals surface area (Å²) in [5, 5.41) is 9.82. The van der Waals surface area contributed by atoms with E-state index in [0.717, 1.165) is 11.3 Å². The zero-order valence-electron chi connectivity index (χ0n) is 12.8. The summed E-state index contributed by atoms with van der Waals surface area (Å²) in [5.41, 5.74) is 2.59. The first kappa shape index (κ1) is 15.5. The molecule has 1 N–H and O–H groups in total. The molecule has 0 bridgehead atoms. The number of halogens is 1. The maximum atomic E-state index is 13.9. The van der Waals surface area contributed by atoms with Gasteiger partial charge < -0.3 is 10.0 Å². The summed E-state index contributed by atoms with van der Waals surface area (Å²) in [6.07, 6.45) is 0.272. The topological polar surface area (TPSA) is 23.5 Å². The zero-order valence-corrected chi connectivity index (χ0v) is 12.8. The van der Waals surface area contributed by atoms with Gasteiger partial charge in [-0.2, -0.15) is 0 Å². The number of hydrogen-bond acceptors (Lipinski definition) is 2. The first-order valence-corrected chi connectivity index (χ1v) is 7.29. The highest BCUT2D eigenvalue weighted by Gasteiger charge is 2.16. The predicted molar refractivity (Wildman–Crippen MR) is 84.9 cm³/mol. The van der Waals surface area contributed by atoms with Crippen LogP contribution >= 0.6 is 0 Å². The molecule has 0 aliphatic carbocycles. The van der Waals surface area contributed by atoms with Crippen molar-refractivity contribution in [2.75, 3.05) is 11.9 Å². The normalized spacial score (nSPS) is 13.8. The van der Waals surface area contributed by atoms with E-state index in [2.05, 4.69) is 0 Å². The van der Waals surface area contributed by atoms with Gasteiger partial charge in [-0.15, -0.1) is 0 Å². The lowest BCUT2D eigenvalue weighted by atomic mass is 10.0. The van der Waals surface area contributed by atoms with Gasteiger partial charge in [-0.25, -0.2) is 4.39 Å². The third kappa shape index (κ3) is 3.42. The Morgan fingerprint density at radius 2 is 1.71 bits per heavy atom. The highest BCUT2D eigenvalue weighted by Crippen LogP contribution is 2.28. The minimum absolute atomic E-state index is 0.0619. The van der Waals surface area contributed by atoms with Gasteiger partial charge in [0.15, 0.2) is 0 Å². The summed E-state index contributed by atoms with van der Waals surface area (Å²) in [7, 11) is 1.95. The number of hydrogen-bond donors (Lipinski definition) is 1. The molecule has 0 spiro atoms. The van der Waals surface area contributed by atoms with Gasteiger partial charge in [0.1, 0.15) is 5.82 Å². The van der Waals surface area contributed by atoms with Crippen molar-refractivity contribution in [2.45, 2.75) is 32.4 Å². The molecular formula is C18H22FNO. The number of nitrogens with zero attached hydrogens (tertiary/aromatic N) is 1.